The number of anilines is 1. The van der Waals surface area contributed by atoms with Crippen molar-refractivity contribution in [3.8, 4) is 0 Å². The fourth-order valence-corrected chi connectivity index (χ4v) is 3.10. The van der Waals surface area contributed by atoms with E-state index < -0.39 is 0 Å². The van der Waals surface area contributed by atoms with Crippen molar-refractivity contribution in [2.45, 2.75) is 52.1 Å². The first-order valence-corrected chi connectivity index (χ1v) is 7.62. The molecule has 118 valence electrons. The van der Waals surface area contributed by atoms with Crippen LogP contribution in [0.4, 0.5) is 11.5 Å². The maximum atomic E-state index is 11.5. The van der Waals surface area contributed by atoms with Gasteiger partial charge in [0.15, 0.2) is 0 Å². The monoisotopic (exact) mass is 295 g/mol. The Morgan fingerprint density at radius 1 is 1.48 bits per heavy atom. The summed E-state index contributed by atoms with van der Waals surface area (Å²) < 4.78 is 1.81. The van der Waals surface area contributed by atoms with Gasteiger partial charge in [-0.2, -0.15) is 5.10 Å². The minimum absolute atomic E-state index is 0.101. The second kappa shape index (κ2) is 6.43. The highest BCUT2D eigenvalue weighted by atomic mass is 16.6. The largest absolute Gasteiger partial charge is 0.347 e. The van der Waals surface area contributed by atoms with Crippen molar-refractivity contribution in [3.05, 3.63) is 15.8 Å². The number of likely N-dealkylation sites (N-methyl/N-ethyl adjacent to an activating group) is 1. The average Bonchev–Trinajstić information content (AvgIpc) is 2.77. The van der Waals surface area contributed by atoms with Crippen LogP contribution in [0.25, 0.3) is 0 Å². The van der Waals surface area contributed by atoms with Gasteiger partial charge in [0, 0.05) is 25.2 Å². The van der Waals surface area contributed by atoms with Crippen LogP contribution < -0.4 is 10.2 Å². The van der Waals surface area contributed by atoms with E-state index in [2.05, 4.69) is 15.3 Å². The van der Waals surface area contributed by atoms with E-state index in [0.29, 0.717) is 11.5 Å². The van der Waals surface area contributed by atoms with E-state index in [-0.39, 0.29) is 22.7 Å². The van der Waals surface area contributed by atoms with Crippen LogP contribution in [-0.2, 0) is 0 Å². The highest BCUT2D eigenvalue weighted by Gasteiger charge is 2.34. The van der Waals surface area contributed by atoms with E-state index in [0.717, 1.165) is 25.9 Å². The van der Waals surface area contributed by atoms with Crippen LogP contribution in [0.3, 0.4) is 0 Å². The normalized spacial score (nSPS) is 19.3. The maximum absolute atomic E-state index is 11.5. The summed E-state index contributed by atoms with van der Waals surface area (Å²) in [4.78, 5) is 13.4. The number of aryl methyl sites for hydroxylation is 1. The SMILES string of the molecule is CNCC1CCCCN1c1c([N+](=O)[O-])c(C)nn1C(C)C. The van der Waals surface area contributed by atoms with Crippen molar-refractivity contribution < 1.29 is 4.92 Å². The smallest absolute Gasteiger partial charge is 0.333 e. The number of nitro groups is 1. The predicted octanol–water partition coefficient (Wildman–Crippen LogP) is 2.26. The Balaban J connectivity index is 2.50. The number of hydrogen-bond donors (Lipinski definition) is 1. The lowest BCUT2D eigenvalue weighted by Gasteiger charge is -2.37. The quantitative estimate of drug-likeness (QED) is 0.666. The van der Waals surface area contributed by atoms with Gasteiger partial charge in [-0.05, 0) is 47.1 Å². The summed E-state index contributed by atoms with van der Waals surface area (Å²) in [5.41, 5.74) is 0.657. The number of aromatic nitrogens is 2. The van der Waals surface area contributed by atoms with Crippen LogP contribution in [0.5, 0.6) is 0 Å². The molecule has 0 aromatic carbocycles. The molecule has 0 amide bonds. The fourth-order valence-electron chi connectivity index (χ4n) is 3.10. The van der Waals surface area contributed by atoms with Crippen LogP contribution in [0.2, 0.25) is 0 Å². The lowest BCUT2D eigenvalue weighted by Crippen LogP contribution is -2.46. The molecule has 7 heteroatoms. The van der Waals surface area contributed by atoms with E-state index in [9.17, 15) is 10.1 Å². The van der Waals surface area contributed by atoms with Gasteiger partial charge < -0.3 is 10.2 Å². The molecule has 0 bridgehead atoms. The van der Waals surface area contributed by atoms with Gasteiger partial charge in [-0.15, -0.1) is 0 Å². The fraction of sp³-hybridized carbons (Fsp3) is 0.786. The Labute approximate surface area is 125 Å². The third-order valence-corrected chi connectivity index (χ3v) is 4.04. The summed E-state index contributed by atoms with van der Waals surface area (Å²) in [5, 5.41) is 19.1. The highest BCUT2D eigenvalue weighted by Crippen LogP contribution is 2.37. The molecule has 1 aromatic rings. The van der Waals surface area contributed by atoms with Gasteiger partial charge in [-0.1, -0.05) is 0 Å². The second-order valence-corrected chi connectivity index (χ2v) is 5.95. The Hall–Kier alpha value is -1.63. The van der Waals surface area contributed by atoms with Crippen molar-refractivity contribution in [3.63, 3.8) is 0 Å². The van der Waals surface area contributed by atoms with Crippen LogP contribution in [0.15, 0.2) is 0 Å². The van der Waals surface area contributed by atoms with E-state index in [1.54, 1.807) is 11.6 Å². The zero-order valence-electron chi connectivity index (χ0n) is 13.3. The average molecular weight is 295 g/mol. The molecule has 0 spiro atoms. The highest BCUT2D eigenvalue weighted by molar-refractivity contribution is 5.62. The second-order valence-electron chi connectivity index (χ2n) is 5.95. The van der Waals surface area contributed by atoms with Crippen LogP contribution in [-0.4, -0.2) is 40.9 Å². The summed E-state index contributed by atoms with van der Waals surface area (Å²) in [6, 6.07) is 0.389. The van der Waals surface area contributed by atoms with Crippen LogP contribution >= 0.6 is 0 Å². The zero-order chi connectivity index (χ0) is 15.6. The van der Waals surface area contributed by atoms with Gasteiger partial charge in [-0.3, -0.25) is 10.1 Å². The molecule has 0 radical (unpaired) electrons. The molecule has 1 saturated heterocycles. The lowest BCUT2D eigenvalue weighted by molar-refractivity contribution is -0.384. The van der Waals surface area contributed by atoms with Gasteiger partial charge in [0.1, 0.15) is 5.69 Å². The van der Waals surface area contributed by atoms with E-state index in [4.69, 9.17) is 0 Å². The molecule has 7 nitrogen and oxygen atoms in total. The topological polar surface area (TPSA) is 76.2 Å². The summed E-state index contributed by atoms with van der Waals surface area (Å²) >= 11 is 0. The Kier molecular flexibility index (Phi) is 4.82. The molecular formula is C14H25N5O2. The third kappa shape index (κ3) is 3.02. The predicted molar refractivity (Wildman–Crippen MR) is 82.9 cm³/mol. The Morgan fingerprint density at radius 3 is 2.76 bits per heavy atom. The van der Waals surface area contributed by atoms with E-state index >= 15 is 0 Å². The molecule has 1 fully saturated rings. The van der Waals surface area contributed by atoms with Crippen LogP contribution in [0.1, 0.15) is 44.8 Å². The molecule has 1 aliphatic heterocycles. The van der Waals surface area contributed by atoms with Gasteiger partial charge in [0.05, 0.1) is 4.92 Å². The molecule has 0 aliphatic carbocycles. The summed E-state index contributed by atoms with van der Waals surface area (Å²) in [7, 11) is 1.92. The first-order valence-electron chi connectivity index (χ1n) is 7.62. The van der Waals surface area contributed by atoms with Gasteiger partial charge in [-0.25, -0.2) is 4.68 Å². The van der Waals surface area contributed by atoms with Gasteiger partial charge in [0.2, 0.25) is 5.82 Å². The number of piperidine rings is 1. The minimum Gasteiger partial charge on any atom is -0.347 e. The molecule has 2 heterocycles. The van der Waals surface area contributed by atoms with Crippen molar-refractivity contribution in [2.24, 2.45) is 0 Å². The number of nitrogens with zero attached hydrogens (tertiary/aromatic N) is 4. The number of rotatable bonds is 5. The molecule has 1 aliphatic rings. The molecule has 1 N–H and O–H groups in total. The molecule has 21 heavy (non-hydrogen) atoms. The first-order chi connectivity index (χ1) is 9.97. The number of hydrogen-bond acceptors (Lipinski definition) is 5. The number of nitrogens with one attached hydrogen (secondary N) is 1. The zero-order valence-corrected chi connectivity index (χ0v) is 13.3. The minimum atomic E-state index is -0.290. The van der Waals surface area contributed by atoms with Crippen molar-refractivity contribution >= 4 is 11.5 Å². The summed E-state index contributed by atoms with van der Waals surface area (Å²) in [6.07, 6.45) is 3.30. The Bertz CT molecular complexity index is 510. The first kappa shape index (κ1) is 15.8. The van der Waals surface area contributed by atoms with Gasteiger partial charge in [0.25, 0.3) is 0 Å². The lowest BCUT2D eigenvalue weighted by atomic mass is 10.0. The van der Waals surface area contributed by atoms with Crippen molar-refractivity contribution in [2.75, 3.05) is 25.0 Å². The van der Waals surface area contributed by atoms with E-state index in [1.807, 2.05) is 20.9 Å². The standard InChI is InChI=1S/C14H25N5O2/c1-10(2)18-14(13(19(20)21)11(3)16-18)17-8-6-5-7-12(17)9-15-4/h10,12,15H,5-9H2,1-4H3. The molecule has 1 atom stereocenters. The van der Waals surface area contributed by atoms with Gasteiger partial charge >= 0.3 is 5.69 Å². The van der Waals surface area contributed by atoms with Crippen molar-refractivity contribution in [1.29, 1.82) is 0 Å². The third-order valence-electron chi connectivity index (χ3n) is 4.04. The summed E-state index contributed by atoms with van der Waals surface area (Å²) in [5.74, 6) is 0.674. The molecule has 1 unspecified atom stereocenters. The van der Waals surface area contributed by atoms with E-state index in [1.165, 1.54) is 6.42 Å². The van der Waals surface area contributed by atoms with Crippen LogP contribution in [0, 0.1) is 17.0 Å². The molecule has 0 saturated carbocycles. The Morgan fingerprint density at radius 2 is 2.19 bits per heavy atom. The maximum Gasteiger partial charge on any atom is 0.333 e. The van der Waals surface area contributed by atoms with Crippen molar-refractivity contribution in [1.82, 2.24) is 15.1 Å². The molecular weight excluding hydrogens is 270 g/mol. The molecule has 2 rings (SSSR count). The molecule has 1 aromatic heterocycles. The summed E-state index contributed by atoms with van der Waals surface area (Å²) in [6.45, 7) is 7.43.